The largest absolute Gasteiger partial charge is 0.481 e. The first-order valence-electron chi connectivity index (χ1n) is 22.4. The Morgan fingerprint density at radius 1 is 0.433 bits per heavy atom. The number of carbonyl (C=O) groups excluding carboxylic acids is 4. The highest BCUT2D eigenvalue weighted by molar-refractivity contribution is 7.80. The number of nitrogens with two attached hydrogens (primary N) is 2. The van der Waals surface area contributed by atoms with Gasteiger partial charge < -0.3 is 48.1 Å². The molecule has 4 atom stereocenters. The van der Waals surface area contributed by atoms with Crippen LogP contribution < -0.4 is 38.1 Å². The number of hydrogen-bond acceptors (Lipinski definition) is 11. The molecule has 0 bridgehead atoms. The summed E-state index contributed by atoms with van der Waals surface area (Å²) in [6.45, 7) is 1.15. The number of aliphatic carboxylic acids is 3. The summed E-state index contributed by atoms with van der Waals surface area (Å²) in [5, 5.41) is 41.0. The summed E-state index contributed by atoms with van der Waals surface area (Å²) in [4.78, 5) is 82.6. The number of carbonyl (C=O) groups is 7. The van der Waals surface area contributed by atoms with Gasteiger partial charge in [-0.15, -0.1) is 0 Å². The van der Waals surface area contributed by atoms with Gasteiger partial charge in [-0.1, -0.05) is 77.0 Å². The van der Waals surface area contributed by atoms with Gasteiger partial charge in [0, 0.05) is 44.8 Å². The summed E-state index contributed by atoms with van der Waals surface area (Å²) in [7, 11) is 0. The molecule has 0 aromatic carbocycles. The van der Waals surface area contributed by atoms with E-state index in [0.29, 0.717) is 83.8 Å². The van der Waals surface area contributed by atoms with E-state index in [-0.39, 0.29) is 55.2 Å². The smallest absolute Gasteiger partial charge is 0.326 e. The van der Waals surface area contributed by atoms with Crippen LogP contribution in [-0.2, 0) is 33.6 Å². The van der Waals surface area contributed by atoms with Crippen molar-refractivity contribution >= 4 is 54.2 Å². The highest BCUT2D eigenvalue weighted by Crippen LogP contribution is 2.14. The van der Waals surface area contributed by atoms with E-state index in [9.17, 15) is 38.7 Å². The van der Waals surface area contributed by atoms with Crippen LogP contribution in [0.5, 0.6) is 0 Å². The summed E-state index contributed by atoms with van der Waals surface area (Å²) < 4.78 is 0. The summed E-state index contributed by atoms with van der Waals surface area (Å²) in [5.74, 6) is -3.76. The number of nitrogens with one attached hydrogen (secondary N) is 5. The van der Waals surface area contributed by atoms with Crippen molar-refractivity contribution in [3.8, 4) is 0 Å². The maximum Gasteiger partial charge on any atom is 0.326 e. The Labute approximate surface area is 363 Å². The van der Waals surface area contributed by atoms with Gasteiger partial charge in [-0.25, -0.2) is 4.79 Å². The van der Waals surface area contributed by atoms with E-state index in [4.69, 9.17) is 21.7 Å². The molecule has 0 spiro atoms. The second-order valence-corrected chi connectivity index (χ2v) is 16.0. The lowest BCUT2D eigenvalue weighted by Gasteiger charge is -2.15. The highest BCUT2D eigenvalue weighted by Gasteiger charge is 2.21. The van der Waals surface area contributed by atoms with Crippen LogP contribution in [0.1, 0.15) is 173 Å². The lowest BCUT2D eigenvalue weighted by molar-refractivity contribution is -0.142. The fraction of sp³-hybridized carbons (Fsp3) is 0.833. The maximum absolute atomic E-state index is 12.4. The number of amides is 4. The molecule has 3 unspecified atom stereocenters. The number of carboxylic acid groups (broad SMARTS) is 3. The average molecular weight is 874 g/mol. The first kappa shape index (κ1) is 56.5. The molecule has 0 heterocycles. The normalized spacial score (nSPS) is 13.1. The lowest BCUT2D eigenvalue weighted by Crippen LogP contribution is -2.42. The molecule has 0 saturated carbocycles. The number of unbranched alkanes of at least 4 members (excludes halogenated alkanes) is 16. The molecule has 17 nitrogen and oxygen atoms in total. The second-order valence-electron chi connectivity index (χ2n) is 15.7. The molecule has 4 amide bonds. The van der Waals surface area contributed by atoms with Crippen molar-refractivity contribution in [3.63, 3.8) is 0 Å². The van der Waals surface area contributed by atoms with E-state index >= 15 is 0 Å². The maximum atomic E-state index is 12.4. The standard InChI is InChI=1S/C42H79N7O10S/c43-32(39(54)46-29-19-16-22-33(44)40(55)47-30-20-17-23-34(41(56)57)48-31-60)21-15-18-28-45-36(50)27-26-35(42(58)59)49-37(51)24-13-11-9-7-5-3-1-2-4-6-8-10-12-14-25-38(52)53/h32-35,48,60H,1-31,43-44H2,(H,45,50)(H,46,54)(H,47,55)(H,49,51)(H,52,53)(H,56,57)(H,58,59)/t32-,33?,34?,35?/m0/s1. The molecule has 0 aliphatic rings. The zero-order chi connectivity index (χ0) is 44.8. The monoisotopic (exact) mass is 874 g/mol. The molecule has 0 fully saturated rings. The van der Waals surface area contributed by atoms with Crippen molar-refractivity contribution in [1.29, 1.82) is 0 Å². The van der Waals surface area contributed by atoms with Gasteiger partial charge in [0.15, 0.2) is 0 Å². The van der Waals surface area contributed by atoms with Crippen molar-refractivity contribution in [1.82, 2.24) is 26.6 Å². The van der Waals surface area contributed by atoms with Crippen LogP contribution >= 0.6 is 12.6 Å². The van der Waals surface area contributed by atoms with Crippen LogP contribution in [0, 0.1) is 0 Å². The third-order valence-electron chi connectivity index (χ3n) is 10.4. The van der Waals surface area contributed by atoms with E-state index in [1.54, 1.807) is 0 Å². The van der Waals surface area contributed by atoms with E-state index in [0.717, 1.165) is 38.5 Å². The van der Waals surface area contributed by atoms with Gasteiger partial charge in [-0.3, -0.25) is 34.1 Å². The number of carboxylic acids is 3. The van der Waals surface area contributed by atoms with Crippen molar-refractivity contribution in [3.05, 3.63) is 0 Å². The molecule has 12 N–H and O–H groups in total. The molecular formula is C42H79N7O10S. The van der Waals surface area contributed by atoms with Crippen LogP contribution in [0.15, 0.2) is 0 Å². The predicted octanol–water partition coefficient (Wildman–Crippen LogP) is 4.11. The average Bonchev–Trinajstić information content (AvgIpc) is 3.20. The van der Waals surface area contributed by atoms with E-state index in [1.807, 2.05) is 0 Å². The molecule has 0 rings (SSSR count). The van der Waals surface area contributed by atoms with E-state index in [1.165, 1.54) is 44.9 Å². The quantitative estimate of drug-likeness (QED) is 0.0234. The molecule has 60 heavy (non-hydrogen) atoms. The fourth-order valence-electron chi connectivity index (χ4n) is 6.62. The number of thiol groups is 1. The van der Waals surface area contributed by atoms with Crippen molar-refractivity contribution in [2.75, 3.05) is 25.5 Å². The van der Waals surface area contributed by atoms with E-state index < -0.39 is 42.1 Å². The van der Waals surface area contributed by atoms with Crippen LogP contribution in [0.25, 0.3) is 0 Å². The summed E-state index contributed by atoms with van der Waals surface area (Å²) in [6, 6.07) is -3.19. The van der Waals surface area contributed by atoms with Crippen LogP contribution in [0.2, 0.25) is 0 Å². The Bertz CT molecular complexity index is 1220. The zero-order valence-electron chi connectivity index (χ0n) is 36.0. The zero-order valence-corrected chi connectivity index (χ0v) is 36.9. The minimum Gasteiger partial charge on any atom is -0.481 e. The summed E-state index contributed by atoms with van der Waals surface area (Å²) in [6.07, 6.45) is 20.5. The summed E-state index contributed by atoms with van der Waals surface area (Å²) in [5.41, 5.74) is 12.0. The van der Waals surface area contributed by atoms with Gasteiger partial charge in [0.2, 0.25) is 23.6 Å². The molecule has 0 aromatic heterocycles. The fourth-order valence-corrected chi connectivity index (χ4v) is 6.84. The van der Waals surface area contributed by atoms with Crippen molar-refractivity contribution in [2.24, 2.45) is 11.5 Å². The lowest BCUT2D eigenvalue weighted by atomic mass is 10.0. The minimum atomic E-state index is -1.18. The van der Waals surface area contributed by atoms with Crippen LogP contribution in [0.4, 0.5) is 0 Å². The Kier molecular flexibility index (Phi) is 36.2. The Hall–Kier alpha value is -3.48. The third-order valence-corrected chi connectivity index (χ3v) is 10.6. The van der Waals surface area contributed by atoms with Gasteiger partial charge in [-0.2, -0.15) is 12.6 Å². The van der Waals surface area contributed by atoms with Gasteiger partial charge in [0.25, 0.3) is 0 Å². The highest BCUT2D eigenvalue weighted by atomic mass is 32.1. The van der Waals surface area contributed by atoms with Crippen molar-refractivity contribution < 1.29 is 48.9 Å². The Morgan fingerprint density at radius 2 is 0.833 bits per heavy atom. The summed E-state index contributed by atoms with van der Waals surface area (Å²) >= 11 is 3.99. The predicted molar refractivity (Wildman–Crippen MR) is 235 cm³/mol. The first-order chi connectivity index (χ1) is 28.8. The Balaban J connectivity index is 3.89. The molecule has 0 aliphatic carbocycles. The van der Waals surface area contributed by atoms with Crippen molar-refractivity contribution in [2.45, 2.75) is 198 Å². The number of rotatable bonds is 42. The van der Waals surface area contributed by atoms with Gasteiger partial charge in [-0.05, 0) is 77.0 Å². The van der Waals surface area contributed by atoms with Gasteiger partial charge in [0.1, 0.15) is 12.1 Å². The molecule has 0 radical (unpaired) electrons. The van der Waals surface area contributed by atoms with Crippen LogP contribution in [-0.4, -0.2) is 107 Å². The van der Waals surface area contributed by atoms with Crippen LogP contribution in [0.3, 0.4) is 0 Å². The molecule has 18 heteroatoms. The third kappa shape index (κ3) is 34.3. The second kappa shape index (κ2) is 38.4. The topological polar surface area (TPSA) is 292 Å². The molecule has 0 aromatic rings. The SMILES string of the molecule is NC(CCCCNC(=O)[C@@H](N)CCCCNC(=O)CCC(NC(=O)CCCCCCCCCCCCCCCCC(=O)O)C(=O)O)C(=O)NCCCCC(NCS)C(=O)O. The molecule has 0 aliphatic heterocycles. The molecule has 0 saturated heterocycles. The Morgan fingerprint density at radius 3 is 1.25 bits per heavy atom. The first-order valence-corrected chi connectivity index (χ1v) is 23.1. The van der Waals surface area contributed by atoms with Gasteiger partial charge >= 0.3 is 17.9 Å². The van der Waals surface area contributed by atoms with E-state index in [2.05, 4.69) is 39.2 Å². The van der Waals surface area contributed by atoms with Gasteiger partial charge in [0.05, 0.1) is 12.1 Å². The minimum absolute atomic E-state index is 0.0164. The number of hydrogen-bond donors (Lipinski definition) is 11. The molecule has 348 valence electrons. The molecular weight excluding hydrogens is 795 g/mol.